The lowest BCUT2D eigenvalue weighted by Gasteiger charge is -2.10. The van der Waals surface area contributed by atoms with Crippen LogP contribution in [0.1, 0.15) is 20.8 Å². The Hall–Kier alpha value is -3.97. The molecule has 0 atom stereocenters. The van der Waals surface area contributed by atoms with Crippen molar-refractivity contribution in [2.75, 3.05) is 10.6 Å². The molecule has 0 spiro atoms. The van der Waals surface area contributed by atoms with E-state index in [4.69, 9.17) is 11.6 Å². The van der Waals surface area contributed by atoms with E-state index in [0.29, 0.717) is 27.5 Å². The van der Waals surface area contributed by atoms with Crippen molar-refractivity contribution in [3.05, 3.63) is 99.6 Å². The van der Waals surface area contributed by atoms with E-state index in [1.54, 1.807) is 48.7 Å². The first-order valence-corrected chi connectivity index (χ1v) is 9.34. The number of pyridine rings is 2. The number of halogens is 1. The van der Waals surface area contributed by atoms with Gasteiger partial charge in [-0.2, -0.15) is 0 Å². The zero-order valence-electron chi connectivity index (χ0n) is 15.5. The predicted octanol–water partition coefficient (Wildman–Crippen LogP) is 4.08. The van der Waals surface area contributed by atoms with E-state index in [0.717, 1.165) is 5.39 Å². The maximum atomic E-state index is 12.7. The van der Waals surface area contributed by atoms with Crippen LogP contribution in [-0.2, 0) is 0 Å². The lowest BCUT2D eigenvalue weighted by atomic mass is 10.1. The average Bonchev–Trinajstić information content (AvgIpc) is 2.73. The van der Waals surface area contributed by atoms with E-state index < -0.39 is 11.8 Å². The summed E-state index contributed by atoms with van der Waals surface area (Å²) in [7, 11) is 0. The van der Waals surface area contributed by atoms with Gasteiger partial charge in [0.05, 0.1) is 16.1 Å². The molecular formula is C22H15ClN4O3. The lowest BCUT2D eigenvalue weighted by molar-refractivity contribution is 0.101. The van der Waals surface area contributed by atoms with Gasteiger partial charge in [-0.05, 0) is 42.5 Å². The number of amides is 2. The van der Waals surface area contributed by atoms with Gasteiger partial charge in [-0.25, -0.2) is 0 Å². The standard InChI is InChI=1S/C22H15ClN4O3/c23-17-10-13-4-3-9-24-19(13)12-16(17)21(29)25-14-5-1-6-15(11-14)26-22(30)18-7-2-8-20(28)27-18/h1-12H,(H,25,29)(H,26,30)(H,27,28). The van der Waals surface area contributed by atoms with E-state index in [-0.39, 0.29) is 11.3 Å². The molecule has 148 valence electrons. The third-order valence-corrected chi connectivity index (χ3v) is 4.64. The molecule has 4 aromatic rings. The Morgan fingerprint density at radius 3 is 2.37 bits per heavy atom. The van der Waals surface area contributed by atoms with Gasteiger partial charge in [0.15, 0.2) is 0 Å². The quantitative estimate of drug-likeness (QED) is 0.464. The van der Waals surface area contributed by atoms with Gasteiger partial charge >= 0.3 is 0 Å². The van der Waals surface area contributed by atoms with Crippen molar-refractivity contribution in [1.82, 2.24) is 9.97 Å². The van der Waals surface area contributed by atoms with Gasteiger partial charge in [0.25, 0.3) is 11.8 Å². The molecule has 0 saturated heterocycles. The summed E-state index contributed by atoms with van der Waals surface area (Å²) in [6, 6.07) is 17.9. The minimum Gasteiger partial charge on any atom is -0.322 e. The zero-order chi connectivity index (χ0) is 21.1. The summed E-state index contributed by atoms with van der Waals surface area (Å²) in [5.41, 5.74) is 1.63. The normalized spacial score (nSPS) is 10.6. The van der Waals surface area contributed by atoms with Crippen LogP contribution in [0.4, 0.5) is 11.4 Å². The number of hydrogen-bond donors (Lipinski definition) is 3. The Balaban J connectivity index is 1.53. The summed E-state index contributed by atoms with van der Waals surface area (Å²) in [6.07, 6.45) is 1.64. The first-order valence-electron chi connectivity index (χ1n) is 8.96. The van der Waals surface area contributed by atoms with Crippen molar-refractivity contribution in [2.45, 2.75) is 0 Å². The number of fused-ring (bicyclic) bond motifs is 1. The van der Waals surface area contributed by atoms with Crippen LogP contribution in [0.5, 0.6) is 0 Å². The monoisotopic (exact) mass is 418 g/mol. The van der Waals surface area contributed by atoms with E-state index in [1.165, 1.54) is 18.2 Å². The minimum atomic E-state index is -0.472. The Morgan fingerprint density at radius 1 is 0.867 bits per heavy atom. The molecule has 0 saturated carbocycles. The predicted molar refractivity (Wildman–Crippen MR) is 116 cm³/mol. The molecule has 2 aromatic heterocycles. The van der Waals surface area contributed by atoms with Gasteiger partial charge in [-0.1, -0.05) is 29.8 Å². The van der Waals surface area contributed by atoms with E-state index in [1.807, 2.05) is 6.07 Å². The molecule has 0 bridgehead atoms. The van der Waals surface area contributed by atoms with E-state index >= 15 is 0 Å². The number of carbonyl (C=O) groups is 2. The molecule has 8 heteroatoms. The number of anilines is 2. The topological polar surface area (TPSA) is 104 Å². The van der Waals surface area contributed by atoms with Crippen LogP contribution >= 0.6 is 11.6 Å². The Bertz CT molecular complexity index is 1330. The molecule has 2 amide bonds. The van der Waals surface area contributed by atoms with Crippen LogP contribution in [0, 0.1) is 0 Å². The fourth-order valence-electron chi connectivity index (χ4n) is 2.92. The molecule has 7 nitrogen and oxygen atoms in total. The summed E-state index contributed by atoms with van der Waals surface area (Å²) < 4.78 is 0. The van der Waals surface area contributed by atoms with Crippen LogP contribution in [0.3, 0.4) is 0 Å². The highest BCUT2D eigenvalue weighted by molar-refractivity contribution is 6.35. The Morgan fingerprint density at radius 2 is 1.60 bits per heavy atom. The summed E-state index contributed by atoms with van der Waals surface area (Å²) in [5, 5.41) is 6.59. The molecule has 4 rings (SSSR count). The van der Waals surface area contributed by atoms with Gasteiger partial charge < -0.3 is 15.6 Å². The Kier molecular flexibility index (Phi) is 5.28. The molecule has 3 N–H and O–H groups in total. The summed E-state index contributed by atoms with van der Waals surface area (Å²) in [6.45, 7) is 0. The van der Waals surface area contributed by atoms with Crippen molar-refractivity contribution >= 4 is 45.7 Å². The molecule has 0 fully saturated rings. The van der Waals surface area contributed by atoms with Gasteiger partial charge in [0.1, 0.15) is 5.69 Å². The largest absolute Gasteiger partial charge is 0.322 e. The number of aromatic amines is 1. The second-order valence-electron chi connectivity index (χ2n) is 6.45. The second kappa shape index (κ2) is 8.18. The van der Waals surface area contributed by atoms with E-state index in [9.17, 15) is 14.4 Å². The smallest absolute Gasteiger partial charge is 0.272 e. The van der Waals surface area contributed by atoms with Gasteiger partial charge in [0.2, 0.25) is 5.56 Å². The molecule has 2 heterocycles. The van der Waals surface area contributed by atoms with Gasteiger partial charge in [-0.3, -0.25) is 19.4 Å². The van der Waals surface area contributed by atoms with Gasteiger partial charge in [0, 0.05) is 29.0 Å². The molecule has 0 radical (unpaired) electrons. The third kappa shape index (κ3) is 4.21. The molecule has 0 aliphatic heterocycles. The first-order chi connectivity index (χ1) is 14.5. The highest BCUT2D eigenvalue weighted by Gasteiger charge is 2.13. The van der Waals surface area contributed by atoms with Crippen LogP contribution in [0.25, 0.3) is 10.9 Å². The van der Waals surface area contributed by atoms with E-state index in [2.05, 4.69) is 20.6 Å². The highest BCUT2D eigenvalue weighted by atomic mass is 35.5. The molecule has 30 heavy (non-hydrogen) atoms. The number of rotatable bonds is 4. The lowest BCUT2D eigenvalue weighted by Crippen LogP contribution is -2.18. The summed E-state index contributed by atoms with van der Waals surface area (Å²) in [5.74, 6) is -0.872. The summed E-state index contributed by atoms with van der Waals surface area (Å²) >= 11 is 6.27. The zero-order valence-corrected chi connectivity index (χ0v) is 16.2. The first kappa shape index (κ1) is 19.4. The van der Waals surface area contributed by atoms with Crippen LogP contribution in [-0.4, -0.2) is 21.8 Å². The van der Waals surface area contributed by atoms with Gasteiger partial charge in [-0.15, -0.1) is 0 Å². The molecular weight excluding hydrogens is 404 g/mol. The highest BCUT2D eigenvalue weighted by Crippen LogP contribution is 2.24. The third-order valence-electron chi connectivity index (χ3n) is 4.33. The van der Waals surface area contributed by atoms with Crippen molar-refractivity contribution in [1.29, 1.82) is 0 Å². The van der Waals surface area contributed by atoms with Crippen LogP contribution < -0.4 is 16.2 Å². The fourth-order valence-corrected chi connectivity index (χ4v) is 3.18. The Labute approximate surface area is 175 Å². The number of H-pyrrole nitrogens is 1. The molecule has 0 unspecified atom stereocenters. The SMILES string of the molecule is O=C(Nc1cccc(NC(=O)c2cc3ncccc3cc2Cl)c1)c1cccc(=O)[nH]1. The number of carbonyl (C=O) groups excluding carboxylic acids is 2. The molecule has 0 aliphatic rings. The van der Waals surface area contributed by atoms with Crippen LogP contribution in [0.15, 0.2) is 77.7 Å². The van der Waals surface area contributed by atoms with Crippen molar-refractivity contribution in [3.63, 3.8) is 0 Å². The van der Waals surface area contributed by atoms with Crippen molar-refractivity contribution in [2.24, 2.45) is 0 Å². The maximum absolute atomic E-state index is 12.7. The average molecular weight is 419 g/mol. The molecule has 2 aromatic carbocycles. The van der Waals surface area contributed by atoms with Crippen molar-refractivity contribution < 1.29 is 9.59 Å². The second-order valence-corrected chi connectivity index (χ2v) is 6.85. The van der Waals surface area contributed by atoms with Crippen LogP contribution in [0.2, 0.25) is 5.02 Å². The number of aromatic nitrogens is 2. The number of hydrogen-bond acceptors (Lipinski definition) is 4. The number of nitrogens with zero attached hydrogens (tertiary/aromatic N) is 1. The number of benzene rings is 2. The minimum absolute atomic E-state index is 0.132. The molecule has 0 aliphatic carbocycles. The summed E-state index contributed by atoms with van der Waals surface area (Å²) in [4.78, 5) is 43.1. The fraction of sp³-hybridized carbons (Fsp3) is 0. The maximum Gasteiger partial charge on any atom is 0.272 e. The number of nitrogens with one attached hydrogen (secondary N) is 3. The van der Waals surface area contributed by atoms with Crippen molar-refractivity contribution in [3.8, 4) is 0 Å².